The summed E-state index contributed by atoms with van der Waals surface area (Å²) >= 11 is 0. The van der Waals surface area contributed by atoms with E-state index >= 15 is 0 Å². The van der Waals surface area contributed by atoms with Crippen molar-refractivity contribution in [3.05, 3.63) is 28.8 Å². The minimum atomic E-state index is -0.657. The molecule has 2 heterocycles. The van der Waals surface area contributed by atoms with E-state index in [1.54, 1.807) is 19.1 Å². The number of piperidine rings is 1. The van der Waals surface area contributed by atoms with E-state index in [9.17, 15) is 14.4 Å². The van der Waals surface area contributed by atoms with Crippen LogP contribution in [0.1, 0.15) is 117 Å². The van der Waals surface area contributed by atoms with Gasteiger partial charge in [0.1, 0.15) is 17.9 Å². The Hall–Kier alpha value is -3.09. The SMILES string of the molecule is C#CN(CC1CCC(OC)CC1)[C@@H]1CCCC[C@@H]1Oc1ccc2c(c1C1CCCC[C@@H]1OC)CN(C1CCC(=O)NC1=O)C2=O. The van der Waals surface area contributed by atoms with Crippen LogP contribution in [0.25, 0.3) is 0 Å². The number of benzene rings is 1. The monoisotopic (exact) mass is 619 g/mol. The van der Waals surface area contributed by atoms with Crippen molar-refractivity contribution in [2.75, 3.05) is 20.8 Å². The zero-order chi connectivity index (χ0) is 31.5. The van der Waals surface area contributed by atoms with Crippen molar-refractivity contribution < 1.29 is 28.6 Å². The van der Waals surface area contributed by atoms with E-state index in [0.717, 1.165) is 100 Å². The van der Waals surface area contributed by atoms with Crippen LogP contribution in [0.5, 0.6) is 5.75 Å². The third-order valence-corrected chi connectivity index (χ3v) is 11.2. The summed E-state index contributed by atoms with van der Waals surface area (Å²) in [5.74, 6) is 0.620. The fourth-order valence-electron chi connectivity index (χ4n) is 8.71. The third-order valence-electron chi connectivity index (χ3n) is 11.2. The molecular formula is C36H49N3O6. The molecule has 6 rings (SSSR count). The number of methoxy groups -OCH3 is 2. The molecule has 1 N–H and O–H groups in total. The van der Waals surface area contributed by atoms with Gasteiger partial charge in [-0.2, -0.15) is 0 Å². The highest BCUT2D eigenvalue weighted by atomic mass is 16.5. The van der Waals surface area contributed by atoms with E-state index in [4.69, 9.17) is 20.6 Å². The minimum Gasteiger partial charge on any atom is -0.488 e. The summed E-state index contributed by atoms with van der Waals surface area (Å²) < 4.78 is 18.7. The number of terminal acetylenes is 1. The predicted octanol–water partition coefficient (Wildman–Crippen LogP) is 4.91. The number of fused-ring (bicyclic) bond motifs is 1. The van der Waals surface area contributed by atoms with Crippen LogP contribution in [0, 0.1) is 18.4 Å². The van der Waals surface area contributed by atoms with Gasteiger partial charge >= 0.3 is 0 Å². The number of nitrogens with zero attached hydrogens (tertiary/aromatic N) is 2. The molecule has 3 aliphatic carbocycles. The van der Waals surface area contributed by atoms with Crippen LogP contribution >= 0.6 is 0 Å². The lowest BCUT2D eigenvalue weighted by Crippen LogP contribution is -2.52. The van der Waals surface area contributed by atoms with Crippen molar-refractivity contribution in [1.29, 1.82) is 0 Å². The number of hydrogen-bond donors (Lipinski definition) is 1. The highest BCUT2D eigenvalue weighted by molar-refractivity contribution is 6.05. The molecule has 244 valence electrons. The van der Waals surface area contributed by atoms with Gasteiger partial charge in [-0.1, -0.05) is 25.7 Å². The van der Waals surface area contributed by atoms with E-state index in [2.05, 4.69) is 16.3 Å². The van der Waals surface area contributed by atoms with Gasteiger partial charge in [0.05, 0.1) is 18.2 Å². The third kappa shape index (κ3) is 6.59. The average Bonchev–Trinajstić information content (AvgIpc) is 3.39. The molecule has 9 heteroatoms. The zero-order valence-electron chi connectivity index (χ0n) is 26.9. The first kappa shape index (κ1) is 31.9. The molecule has 1 saturated heterocycles. The summed E-state index contributed by atoms with van der Waals surface area (Å²) in [5.41, 5.74) is 2.61. The Kier molecular flexibility index (Phi) is 10.0. The Balaban J connectivity index is 1.29. The van der Waals surface area contributed by atoms with E-state index in [0.29, 0.717) is 30.6 Å². The molecule has 9 nitrogen and oxygen atoms in total. The molecule has 4 fully saturated rings. The first-order valence-corrected chi connectivity index (χ1v) is 17.2. The van der Waals surface area contributed by atoms with Crippen molar-refractivity contribution in [2.45, 2.75) is 133 Å². The molecule has 0 bridgehead atoms. The zero-order valence-corrected chi connectivity index (χ0v) is 26.9. The maximum Gasteiger partial charge on any atom is 0.255 e. The summed E-state index contributed by atoms with van der Waals surface area (Å²) in [7, 11) is 3.58. The number of imide groups is 1. The molecule has 3 amide bonds. The largest absolute Gasteiger partial charge is 0.488 e. The lowest BCUT2D eigenvalue weighted by atomic mass is 9.78. The smallest absolute Gasteiger partial charge is 0.255 e. The first-order chi connectivity index (χ1) is 21.9. The highest BCUT2D eigenvalue weighted by Crippen LogP contribution is 2.46. The van der Waals surface area contributed by atoms with Crippen LogP contribution in [-0.4, -0.2) is 78.7 Å². The van der Waals surface area contributed by atoms with E-state index in [-0.39, 0.29) is 42.4 Å². The molecule has 0 aromatic heterocycles. The number of carbonyl (C=O) groups is 3. The van der Waals surface area contributed by atoms with Crippen molar-refractivity contribution in [2.24, 2.45) is 5.92 Å². The summed E-state index contributed by atoms with van der Waals surface area (Å²) in [6.07, 6.45) is 19.7. The normalized spacial score (nSPS) is 32.1. The number of rotatable bonds is 9. The first-order valence-electron chi connectivity index (χ1n) is 17.2. The Morgan fingerprint density at radius 3 is 2.36 bits per heavy atom. The van der Waals surface area contributed by atoms with Crippen molar-refractivity contribution >= 4 is 17.7 Å². The topological polar surface area (TPSA) is 97.4 Å². The Labute approximate surface area is 267 Å². The van der Waals surface area contributed by atoms with Gasteiger partial charge in [0, 0.05) is 56.8 Å². The van der Waals surface area contributed by atoms with Crippen LogP contribution in [-0.2, 0) is 25.6 Å². The van der Waals surface area contributed by atoms with Gasteiger partial charge in [-0.3, -0.25) is 19.7 Å². The fourth-order valence-corrected chi connectivity index (χ4v) is 8.71. The van der Waals surface area contributed by atoms with Gasteiger partial charge in [0.15, 0.2) is 0 Å². The number of amides is 3. The number of hydrogen-bond acceptors (Lipinski definition) is 7. The second-order valence-corrected chi connectivity index (χ2v) is 13.7. The van der Waals surface area contributed by atoms with Crippen LogP contribution in [0.15, 0.2) is 12.1 Å². The molecule has 3 saturated carbocycles. The average molecular weight is 620 g/mol. The van der Waals surface area contributed by atoms with Gasteiger partial charge in [0.25, 0.3) is 5.91 Å². The molecule has 5 atom stereocenters. The summed E-state index contributed by atoms with van der Waals surface area (Å²) in [5, 5.41) is 2.42. The number of nitrogens with one attached hydrogen (secondary N) is 1. The second-order valence-electron chi connectivity index (χ2n) is 13.7. The van der Waals surface area contributed by atoms with Gasteiger partial charge in [-0.05, 0) is 87.8 Å². The van der Waals surface area contributed by atoms with Crippen molar-refractivity contribution in [1.82, 2.24) is 15.1 Å². The lowest BCUT2D eigenvalue weighted by molar-refractivity contribution is -0.136. The Bertz CT molecular complexity index is 1300. The summed E-state index contributed by atoms with van der Waals surface area (Å²) in [4.78, 5) is 42.3. The molecular weight excluding hydrogens is 570 g/mol. The van der Waals surface area contributed by atoms with Crippen LogP contribution in [0.2, 0.25) is 0 Å². The Morgan fingerprint density at radius 1 is 0.911 bits per heavy atom. The molecule has 0 spiro atoms. The Morgan fingerprint density at radius 2 is 1.64 bits per heavy atom. The van der Waals surface area contributed by atoms with Crippen LogP contribution in [0.3, 0.4) is 0 Å². The van der Waals surface area contributed by atoms with E-state index in [1.165, 1.54) is 0 Å². The van der Waals surface area contributed by atoms with Crippen molar-refractivity contribution in [3.8, 4) is 18.2 Å². The number of carbonyl (C=O) groups excluding carboxylic acids is 3. The van der Waals surface area contributed by atoms with Gasteiger partial charge < -0.3 is 24.0 Å². The van der Waals surface area contributed by atoms with Gasteiger partial charge in [-0.25, -0.2) is 0 Å². The predicted molar refractivity (Wildman–Crippen MR) is 169 cm³/mol. The summed E-state index contributed by atoms with van der Waals surface area (Å²) in [6, 6.07) is 6.35. The van der Waals surface area contributed by atoms with E-state index in [1.807, 2.05) is 12.1 Å². The molecule has 0 radical (unpaired) electrons. The maximum absolute atomic E-state index is 13.8. The van der Waals surface area contributed by atoms with Gasteiger partial charge in [0.2, 0.25) is 11.8 Å². The fraction of sp³-hybridized carbons (Fsp3) is 0.694. The molecule has 1 aromatic rings. The molecule has 2 aliphatic heterocycles. The standard InChI is InChI=1S/C36H49N3O6/c1-4-38(21-23-13-15-24(43-2)16-14-23)28-10-6-8-12-31(28)45-32-19-17-25-27(34(32)26-9-5-7-11-30(26)44-3)22-39(36(25)42)29-18-20-33(40)37-35(29)41/h1,17,19,23-24,26,28-31H,5-16,18,20-22H2,2-3H3,(H,37,40,41)/t23?,24?,26?,28-,29?,30+,31+/m1/s1. The number of ether oxygens (including phenoxy) is 3. The van der Waals surface area contributed by atoms with Crippen LogP contribution < -0.4 is 10.1 Å². The quantitative estimate of drug-likeness (QED) is 0.238. The molecule has 2 unspecified atom stereocenters. The maximum atomic E-state index is 13.8. The summed E-state index contributed by atoms with van der Waals surface area (Å²) in [6.45, 7) is 1.20. The lowest BCUT2D eigenvalue weighted by Gasteiger charge is -2.41. The minimum absolute atomic E-state index is 0.0268. The second kappa shape index (κ2) is 14.1. The van der Waals surface area contributed by atoms with Gasteiger partial charge in [-0.15, -0.1) is 0 Å². The molecule has 5 aliphatic rings. The van der Waals surface area contributed by atoms with Crippen LogP contribution in [0.4, 0.5) is 0 Å². The molecule has 1 aromatic carbocycles. The highest BCUT2D eigenvalue weighted by Gasteiger charge is 2.43. The molecule has 45 heavy (non-hydrogen) atoms. The van der Waals surface area contributed by atoms with Crippen molar-refractivity contribution in [3.63, 3.8) is 0 Å². The van der Waals surface area contributed by atoms with E-state index < -0.39 is 11.9 Å².